The lowest BCUT2D eigenvalue weighted by molar-refractivity contribution is 0.629. The van der Waals surface area contributed by atoms with E-state index < -0.39 is 0 Å². The van der Waals surface area contributed by atoms with Gasteiger partial charge in [0.25, 0.3) is 0 Å². The average molecular weight is 321 g/mol. The second-order valence-corrected chi connectivity index (χ2v) is 6.25. The molecule has 0 saturated carbocycles. The minimum absolute atomic E-state index is 0.226. The van der Waals surface area contributed by atoms with Crippen molar-refractivity contribution in [2.45, 2.75) is 16.3 Å². The molecule has 0 amide bonds. The Bertz CT molecular complexity index is 785. The van der Waals surface area contributed by atoms with Gasteiger partial charge in [-0.15, -0.1) is 0 Å². The average Bonchev–Trinajstić information content (AvgIpc) is 2.84. The van der Waals surface area contributed by atoms with Crippen LogP contribution >= 0.6 is 23.4 Å². The first kappa shape index (κ1) is 14.4. The Kier molecular flexibility index (Phi) is 4.19. The Labute approximate surface area is 131 Å². The van der Waals surface area contributed by atoms with E-state index in [9.17, 15) is 4.39 Å². The summed E-state index contributed by atoms with van der Waals surface area (Å²) in [6.45, 7) is 0.736. The van der Waals surface area contributed by atoms with Gasteiger partial charge in [0.15, 0.2) is 0 Å². The Morgan fingerprint density at radius 3 is 2.86 bits per heavy atom. The summed E-state index contributed by atoms with van der Waals surface area (Å²) in [5, 5.41) is 4.75. The van der Waals surface area contributed by atoms with E-state index in [1.54, 1.807) is 23.9 Å². The molecule has 2 nitrogen and oxygen atoms in total. The number of benzene rings is 2. The van der Waals surface area contributed by atoms with E-state index in [1.165, 1.54) is 6.07 Å². The number of hydrogen-bond acceptors (Lipinski definition) is 2. The molecule has 2 N–H and O–H groups in total. The van der Waals surface area contributed by atoms with Crippen LogP contribution < -0.4 is 5.32 Å². The van der Waals surface area contributed by atoms with E-state index in [1.807, 2.05) is 31.4 Å². The minimum atomic E-state index is -0.226. The summed E-state index contributed by atoms with van der Waals surface area (Å²) in [4.78, 5) is 5.28. The molecule has 1 aromatic heterocycles. The highest BCUT2D eigenvalue weighted by molar-refractivity contribution is 7.99. The highest BCUT2D eigenvalue weighted by atomic mass is 35.5. The molecule has 3 rings (SSSR count). The minimum Gasteiger partial charge on any atom is -0.360 e. The van der Waals surface area contributed by atoms with Crippen molar-refractivity contribution in [3.8, 4) is 0 Å². The monoisotopic (exact) mass is 320 g/mol. The van der Waals surface area contributed by atoms with Gasteiger partial charge in [-0.05, 0) is 49.0 Å². The molecule has 0 atom stereocenters. The van der Waals surface area contributed by atoms with E-state index in [-0.39, 0.29) is 5.82 Å². The predicted molar refractivity (Wildman–Crippen MR) is 86.6 cm³/mol. The van der Waals surface area contributed by atoms with E-state index in [0.717, 1.165) is 37.8 Å². The van der Waals surface area contributed by atoms with Gasteiger partial charge >= 0.3 is 0 Å². The van der Waals surface area contributed by atoms with E-state index in [2.05, 4.69) is 10.3 Å². The van der Waals surface area contributed by atoms with Crippen molar-refractivity contribution in [2.24, 2.45) is 0 Å². The maximum atomic E-state index is 13.4. The maximum Gasteiger partial charge on any atom is 0.123 e. The molecule has 0 bridgehead atoms. The summed E-state index contributed by atoms with van der Waals surface area (Å²) in [7, 11) is 1.90. The third-order valence-electron chi connectivity index (χ3n) is 3.22. The lowest BCUT2D eigenvalue weighted by atomic mass is 10.2. The second kappa shape index (κ2) is 6.10. The smallest absolute Gasteiger partial charge is 0.123 e. The van der Waals surface area contributed by atoms with Gasteiger partial charge in [-0.25, -0.2) is 4.39 Å². The molecule has 0 aliphatic rings. The number of aromatic amines is 1. The van der Waals surface area contributed by atoms with Crippen molar-refractivity contribution < 1.29 is 4.39 Å². The molecule has 0 unspecified atom stereocenters. The summed E-state index contributed by atoms with van der Waals surface area (Å²) in [5.41, 5.74) is 2.06. The number of H-pyrrole nitrogens is 1. The molecular formula is C16H14ClFN2S. The lowest BCUT2D eigenvalue weighted by Gasteiger charge is -2.09. The fourth-order valence-electron chi connectivity index (χ4n) is 2.25. The molecule has 108 valence electrons. The molecule has 3 aromatic rings. The fraction of sp³-hybridized carbons (Fsp3) is 0.125. The van der Waals surface area contributed by atoms with E-state index in [0.29, 0.717) is 0 Å². The largest absolute Gasteiger partial charge is 0.360 e. The third-order valence-corrected chi connectivity index (χ3v) is 4.63. The molecule has 0 fully saturated rings. The first-order valence-corrected chi connectivity index (χ1v) is 7.74. The summed E-state index contributed by atoms with van der Waals surface area (Å²) in [6.07, 6.45) is 1.91. The van der Waals surface area contributed by atoms with Gasteiger partial charge < -0.3 is 10.3 Å². The van der Waals surface area contributed by atoms with E-state index in [4.69, 9.17) is 11.6 Å². The van der Waals surface area contributed by atoms with Crippen LogP contribution in [0, 0.1) is 5.82 Å². The summed E-state index contributed by atoms with van der Waals surface area (Å²) >= 11 is 7.67. The molecule has 0 aliphatic heterocycles. The van der Waals surface area contributed by atoms with Gasteiger partial charge in [-0.2, -0.15) is 0 Å². The van der Waals surface area contributed by atoms with Crippen molar-refractivity contribution in [2.75, 3.05) is 7.05 Å². The van der Waals surface area contributed by atoms with Gasteiger partial charge in [-0.1, -0.05) is 23.4 Å². The zero-order valence-electron chi connectivity index (χ0n) is 11.4. The zero-order valence-corrected chi connectivity index (χ0v) is 13.0. The topological polar surface area (TPSA) is 27.8 Å². The van der Waals surface area contributed by atoms with Crippen molar-refractivity contribution in [1.29, 1.82) is 0 Å². The molecular weight excluding hydrogens is 307 g/mol. The molecule has 2 aromatic carbocycles. The van der Waals surface area contributed by atoms with Crippen LogP contribution in [0.15, 0.2) is 52.4 Å². The number of nitrogens with one attached hydrogen (secondary N) is 2. The van der Waals surface area contributed by atoms with Crippen LogP contribution in [0.5, 0.6) is 0 Å². The molecule has 0 radical (unpaired) electrons. The van der Waals surface area contributed by atoms with Gasteiger partial charge in [0.05, 0.1) is 0 Å². The van der Waals surface area contributed by atoms with Crippen molar-refractivity contribution >= 4 is 34.3 Å². The van der Waals surface area contributed by atoms with Crippen molar-refractivity contribution in [3.63, 3.8) is 0 Å². The van der Waals surface area contributed by atoms with Crippen LogP contribution in [0.4, 0.5) is 4.39 Å². The molecule has 5 heteroatoms. The van der Waals surface area contributed by atoms with Gasteiger partial charge in [-0.3, -0.25) is 0 Å². The van der Waals surface area contributed by atoms with Crippen LogP contribution in [0.1, 0.15) is 5.56 Å². The summed E-state index contributed by atoms with van der Waals surface area (Å²) in [6, 6.07) is 10.6. The summed E-state index contributed by atoms with van der Waals surface area (Å²) in [5.74, 6) is -0.226. The Morgan fingerprint density at radius 1 is 1.19 bits per heavy atom. The van der Waals surface area contributed by atoms with Crippen molar-refractivity contribution in [3.05, 3.63) is 59.0 Å². The Morgan fingerprint density at radius 2 is 2.05 bits per heavy atom. The van der Waals surface area contributed by atoms with E-state index >= 15 is 0 Å². The first-order valence-electron chi connectivity index (χ1n) is 6.55. The van der Waals surface area contributed by atoms with Crippen LogP contribution in [-0.2, 0) is 6.54 Å². The number of aromatic nitrogens is 1. The van der Waals surface area contributed by atoms with Crippen LogP contribution in [0.3, 0.4) is 0 Å². The summed E-state index contributed by atoms with van der Waals surface area (Å²) < 4.78 is 13.4. The number of fused-ring (bicyclic) bond motifs is 1. The first-order chi connectivity index (χ1) is 10.2. The molecule has 0 aliphatic carbocycles. The molecule has 0 spiro atoms. The normalized spacial score (nSPS) is 11.2. The Hall–Kier alpha value is -1.49. The fourth-order valence-corrected chi connectivity index (χ4v) is 3.47. The number of halogens is 2. The highest BCUT2D eigenvalue weighted by Gasteiger charge is 2.10. The predicted octanol–water partition coefficient (Wildman–Crippen LogP) is 4.83. The zero-order chi connectivity index (χ0) is 14.8. The van der Waals surface area contributed by atoms with Crippen molar-refractivity contribution in [1.82, 2.24) is 10.3 Å². The van der Waals surface area contributed by atoms with Gasteiger partial charge in [0.2, 0.25) is 0 Å². The lowest BCUT2D eigenvalue weighted by Crippen LogP contribution is -2.06. The van der Waals surface area contributed by atoms with Gasteiger partial charge in [0, 0.05) is 38.5 Å². The number of hydrogen-bond donors (Lipinski definition) is 2. The SMILES string of the molecule is CNCc1cc(Cl)ccc1Sc1c[nH]c2ccc(F)cc12. The van der Waals surface area contributed by atoms with Crippen LogP contribution in [0.2, 0.25) is 5.02 Å². The third kappa shape index (κ3) is 3.07. The van der Waals surface area contributed by atoms with Gasteiger partial charge in [0.1, 0.15) is 5.82 Å². The second-order valence-electron chi connectivity index (χ2n) is 4.73. The molecule has 0 saturated heterocycles. The van der Waals surface area contributed by atoms with Crippen LogP contribution in [0.25, 0.3) is 10.9 Å². The Balaban J connectivity index is 2.00. The highest BCUT2D eigenvalue weighted by Crippen LogP contribution is 2.36. The number of rotatable bonds is 4. The maximum absolute atomic E-state index is 13.4. The van der Waals surface area contributed by atoms with Crippen LogP contribution in [-0.4, -0.2) is 12.0 Å². The quantitative estimate of drug-likeness (QED) is 0.720. The molecule has 21 heavy (non-hydrogen) atoms. The molecule has 1 heterocycles. The standard InChI is InChI=1S/C16H14ClFN2S/c1-19-8-10-6-11(17)2-5-15(10)21-16-9-20-14-4-3-12(18)7-13(14)16/h2-7,9,19-20H,8H2,1H3.